The van der Waals surface area contributed by atoms with Crippen LogP contribution in [-0.2, 0) is 13.6 Å². The maximum Gasteiger partial charge on any atom is 0.352 e. The summed E-state index contributed by atoms with van der Waals surface area (Å²) in [7, 11) is -3.56. The van der Waals surface area contributed by atoms with Crippen molar-refractivity contribution in [2.75, 3.05) is 13.2 Å². The van der Waals surface area contributed by atoms with E-state index in [4.69, 9.17) is 9.05 Å². The standard InChI is InChI=1S/C19H25N2O5PS/c1-3-14-25-27(24,26-15-4-2)19(16-10-6-5-7-11-16)20-28-18-13-9-8-12-17(18)21(22)23/h5-13,19-20H,3-4,14-15H2,1-2H3. The quantitative estimate of drug-likeness (QED) is 0.195. The fraction of sp³-hybridized carbons (Fsp3) is 0.368. The minimum Gasteiger partial charge on any atom is -0.307 e. The molecular formula is C19H25N2O5PS. The van der Waals surface area contributed by atoms with Crippen LogP contribution in [0.15, 0.2) is 59.5 Å². The zero-order valence-corrected chi connectivity index (χ0v) is 17.7. The molecular weight excluding hydrogens is 399 g/mol. The van der Waals surface area contributed by atoms with Gasteiger partial charge in [-0.3, -0.25) is 14.7 Å². The van der Waals surface area contributed by atoms with Crippen molar-refractivity contribution in [3.63, 3.8) is 0 Å². The first kappa shape index (κ1) is 22.6. The molecule has 152 valence electrons. The second-order valence-electron chi connectivity index (χ2n) is 5.96. The van der Waals surface area contributed by atoms with E-state index >= 15 is 0 Å². The first-order valence-electron chi connectivity index (χ1n) is 9.11. The van der Waals surface area contributed by atoms with Gasteiger partial charge in [0.2, 0.25) is 0 Å². The van der Waals surface area contributed by atoms with Crippen LogP contribution in [0.2, 0.25) is 0 Å². The summed E-state index contributed by atoms with van der Waals surface area (Å²) in [6, 6.07) is 15.6. The SMILES string of the molecule is CCCOP(=O)(OCCC)C(NSc1ccccc1[N+](=O)[O-])c1ccccc1. The van der Waals surface area contributed by atoms with Gasteiger partial charge in [0.05, 0.1) is 18.1 Å². The second-order valence-corrected chi connectivity index (χ2v) is 8.96. The smallest absolute Gasteiger partial charge is 0.307 e. The van der Waals surface area contributed by atoms with Gasteiger partial charge in [-0.15, -0.1) is 0 Å². The van der Waals surface area contributed by atoms with Gasteiger partial charge >= 0.3 is 7.60 Å². The molecule has 9 heteroatoms. The summed E-state index contributed by atoms with van der Waals surface area (Å²) >= 11 is 1.05. The van der Waals surface area contributed by atoms with Gasteiger partial charge in [-0.1, -0.05) is 56.3 Å². The molecule has 0 spiro atoms. The van der Waals surface area contributed by atoms with E-state index < -0.39 is 18.3 Å². The molecule has 0 radical (unpaired) electrons. The van der Waals surface area contributed by atoms with Crippen LogP contribution in [0.1, 0.15) is 38.0 Å². The zero-order chi connectivity index (χ0) is 20.4. The van der Waals surface area contributed by atoms with Gasteiger partial charge in [-0.25, -0.2) is 4.72 Å². The third-order valence-electron chi connectivity index (χ3n) is 3.72. The molecule has 0 fully saturated rings. The normalized spacial score (nSPS) is 12.6. The Kier molecular flexibility index (Phi) is 9.15. The van der Waals surface area contributed by atoms with Crippen LogP contribution in [-0.4, -0.2) is 18.1 Å². The van der Waals surface area contributed by atoms with Crippen LogP contribution in [0.3, 0.4) is 0 Å². The molecule has 0 aliphatic heterocycles. The van der Waals surface area contributed by atoms with E-state index in [1.54, 1.807) is 18.2 Å². The number of nitrogens with zero attached hydrogens (tertiary/aromatic N) is 1. The Bertz CT molecular complexity index is 794. The lowest BCUT2D eigenvalue weighted by atomic mass is 10.2. The topological polar surface area (TPSA) is 90.7 Å². The highest BCUT2D eigenvalue weighted by Gasteiger charge is 2.37. The van der Waals surface area contributed by atoms with Crippen molar-refractivity contribution >= 4 is 25.2 Å². The zero-order valence-electron chi connectivity index (χ0n) is 15.9. The van der Waals surface area contributed by atoms with E-state index in [-0.39, 0.29) is 5.69 Å². The number of benzene rings is 2. The predicted molar refractivity (Wildman–Crippen MR) is 111 cm³/mol. The highest BCUT2D eigenvalue weighted by Crippen LogP contribution is 2.60. The van der Waals surface area contributed by atoms with E-state index in [2.05, 4.69) is 4.72 Å². The predicted octanol–water partition coefficient (Wildman–Crippen LogP) is 5.94. The molecule has 0 saturated carbocycles. The first-order chi connectivity index (χ1) is 13.5. The Labute approximate surface area is 169 Å². The molecule has 0 aliphatic carbocycles. The van der Waals surface area contributed by atoms with E-state index in [0.29, 0.717) is 31.0 Å². The van der Waals surface area contributed by atoms with Gasteiger partial charge in [-0.2, -0.15) is 0 Å². The summed E-state index contributed by atoms with van der Waals surface area (Å²) in [5.74, 6) is -0.767. The molecule has 0 amide bonds. The number of nitro benzene ring substituents is 1. The van der Waals surface area contributed by atoms with E-state index in [1.165, 1.54) is 6.07 Å². The molecule has 1 N–H and O–H groups in total. The Balaban J connectivity index is 2.34. The Morgan fingerprint density at radius 2 is 1.61 bits per heavy atom. The van der Waals surface area contributed by atoms with Crippen LogP contribution in [0.5, 0.6) is 0 Å². The minimum absolute atomic E-state index is 0.0226. The molecule has 0 aliphatic rings. The van der Waals surface area contributed by atoms with Gasteiger partial charge in [0.15, 0.2) is 0 Å². The fourth-order valence-electron chi connectivity index (χ4n) is 2.39. The summed E-state index contributed by atoms with van der Waals surface area (Å²) < 4.78 is 28.1. The van der Waals surface area contributed by atoms with Crippen molar-refractivity contribution < 1.29 is 18.5 Å². The van der Waals surface area contributed by atoms with Crippen LogP contribution in [0.25, 0.3) is 0 Å². The number of para-hydroxylation sites is 1. The lowest BCUT2D eigenvalue weighted by Crippen LogP contribution is -2.18. The molecule has 1 atom stereocenters. The fourth-order valence-corrected chi connectivity index (χ4v) is 5.61. The van der Waals surface area contributed by atoms with Gasteiger partial charge in [0.25, 0.3) is 5.69 Å². The molecule has 7 nitrogen and oxygen atoms in total. The van der Waals surface area contributed by atoms with Crippen molar-refractivity contribution in [2.24, 2.45) is 0 Å². The maximum atomic E-state index is 13.6. The lowest BCUT2D eigenvalue weighted by Gasteiger charge is -2.27. The summed E-state index contributed by atoms with van der Waals surface area (Å²) in [6.07, 6.45) is 1.39. The third-order valence-corrected chi connectivity index (χ3v) is 6.96. The number of rotatable bonds is 12. The van der Waals surface area contributed by atoms with Crippen LogP contribution >= 0.6 is 19.5 Å². The summed E-state index contributed by atoms with van der Waals surface area (Å²) in [5.41, 5.74) is 0.703. The van der Waals surface area contributed by atoms with Crippen molar-refractivity contribution in [3.8, 4) is 0 Å². The molecule has 2 aromatic rings. The summed E-state index contributed by atoms with van der Waals surface area (Å²) in [5, 5.41) is 11.3. The van der Waals surface area contributed by atoms with Crippen LogP contribution < -0.4 is 4.72 Å². The van der Waals surface area contributed by atoms with Crippen LogP contribution in [0, 0.1) is 10.1 Å². The monoisotopic (exact) mass is 424 g/mol. The summed E-state index contributed by atoms with van der Waals surface area (Å²) in [6.45, 7) is 4.44. The van der Waals surface area contributed by atoms with Crippen molar-refractivity contribution in [2.45, 2.75) is 37.4 Å². The largest absolute Gasteiger partial charge is 0.352 e. The molecule has 0 heterocycles. The van der Waals surface area contributed by atoms with Crippen LogP contribution in [0.4, 0.5) is 5.69 Å². The Hall–Kier alpha value is -1.70. The third kappa shape index (κ3) is 6.15. The highest BCUT2D eigenvalue weighted by molar-refractivity contribution is 7.97. The molecule has 1 unspecified atom stereocenters. The average molecular weight is 424 g/mol. The lowest BCUT2D eigenvalue weighted by molar-refractivity contribution is -0.387. The number of hydrogen-bond acceptors (Lipinski definition) is 7. The van der Waals surface area contributed by atoms with Gasteiger partial charge < -0.3 is 9.05 Å². The second kappa shape index (κ2) is 11.3. The van der Waals surface area contributed by atoms with Crippen molar-refractivity contribution in [3.05, 3.63) is 70.3 Å². The van der Waals surface area contributed by atoms with Gasteiger partial charge in [0.1, 0.15) is 10.7 Å². The number of hydrogen-bond donors (Lipinski definition) is 1. The first-order valence-corrected chi connectivity index (χ1v) is 11.5. The Morgan fingerprint density at radius 1 is 1.04 bits per heavy atom. The molecule has 2 aromatic carbocycles. The highest BCUT2D eigenvalue weighted by atomic mass is 32.2. The molecule has 0 saturated heterocycles. The Morgan fingerprint density at radius 3 is 2.18 bits per heavy atom. The number of nitro groups is 1. The average Bonchev–Trinajstić information content (AvgIpc) is 2.72. The molecule has 0 bridgehead atoms. The van der Waals surface area contributed by atoms with E-state index in [9.17, 15) is 14.7 Å². The molecule has 0 aromatic heterocycles. The summed E-state index contributed by atoms with van der Waals surface area (Å²) in [4.78, 5) is 11.3. The molecule has 28 heavy (non-hydrogen) atoms. The van der Waals surface area contributed by atoms with Crippen molar-refractivity contribution in [1.29, 1.82) is 0 Å². The van der Waals surface area contributed by atoms with E-state index in [1.807, 2.05) is 44.2 Å². The number of nitrogens with one attached hydrogen (secondary N) is 1. The maximum absolute atomic E-state index is 13.6. The van der Waals surface area contributed by atoms with Crippen molar-refractivity contribution in [1.82, 2.24) is 4.72 Å². The van der Waals surface area contributed by atoms with Gasteiger partial charge in [0, 0.05) is 6.07 Å². The minimum atomic E-state index is -3.56. The molecule has 2 rings (SSSR count). The van der Waals surface area contributed by atoms with Gasteiger partial charge in [-0.05, 0) is 36.4 Å². The van der Waals surface area contributed by atoms with E-state index in [0.717, 1.165) is 17.5 Å².